The summed E-state index contributed by atoms with van der Waals surface area (Å²) in [5.41, 5.74) is 1.75. The first-order chi connectivity index (χ1) is 16.0. The monoisotopic (exact) mass is 467 g/mol. The number of carbonyl (C=O) groups is 3. The largest absolute Gasteiger partial charge is 0.462 e. The molecule has 172 valence electrons. The second kappa shape index (κ2) is 10.4. The van der Waals surface area contributed by atoms with Crippen LogP contribution in [0.15, 0.2) is 42.6 Å². The van der Waals surface area contributed by atoms with Crippen molar-refractivity contribution in [3.05, 3.63) is 48.2 Å². The van der Waals surface area contributed by atoms with Gasteiger partial charge in [-0.25, -0.2) is 14.8 Å². The fourth-order valence-electron chi connectivity index (χ4n) is 3.58. The minimum absolute atomic E-state index is 0.0453. The zero-order valence-electron chi connectivity index (χ0n) is 18.3. The molecule has 0 unspecified atom stereocenters. The van der Waals surface area contributed by atoms with E-state index in [2.05, 4.69) is 20.2 Å². The van der Waals surface area contributed by atoms with E-state index in [1.807, 2.05) is 12.1 Å². The molecule has 4 rings (SSSR count). The molecule has 0 saturated carbocycles. The van der Waals surface area contributed by atoms with Crippen LogP contribution in [0.5, 0.6) is 0 Å². The highest BCUT2D eigenvalue weighted by atomic mass is 32.1. The molecular weight excluding hydrogens is 442 g/mol. The molecule has 9 nitrogen and oxygen atoms in total. The lowest BCUT2D eigenvalue weighted by molar-refractivity contribution is -0.133. The Morgan fingerprint density at radius 1 is 1.09 bits per heavy atom. The van der Waals surface area contributed by atoms with Gasteiger partial charge in [-0.1, -0.05) is 17.4 Å². The van der Waals surface area contributed by atoms with Crippen molar-refractivity contribution < 1.29 is 19.1 Å². The molecule has 0 aliphatic carbocycles. The summed E-state index contributed by atoms with van der Waals surface area (Å²) in [4.78, 5) is 50.6. The molecule has 3 aromatic rings. The van der Waals surface area contributed by atoms with Gasteiger partial charge in [-0.15, -0.1) is 0 Å². The third-order valence-electron chi connectivity index (χ3n) is 5.28. The Bertz CT molecular complexity index is 1120. The number of aromatic nitrogens is 2. The maximum Gasteiger partial charge on any atom is 0.338 e. The molecule has 1 aliphatic rings. The van der Waals surface area contributed by atoms with Gasteiger partial charge < -0.3 is 19.9 Å². The Kier molecular flexibility index (Phi) is 7.13. The van der Waals surface area contributed by atoms with Crippen LogP contribution in [0.4, 0.5) is 10.8 Å². The number of thiazole rings is 1. The van der Waals surface area contributed by atoms with Crippen LogP contribution in [0, 0.1) is 0 Å². The van der Waals surface area contributed by atoms with Crippen molar-refractivity contribution >= 4 is 50.3 Å². The highest BCUT2D eigenvalue weighted by molar-refractivity contribution is 7.21. The number of carbonyl (C=O) groups excluding carboxylic acids is 3. The Hall–Kier alpha value is -3.53. The molecule has 10 heteroatoms. The van der Waals surface area contributed by atoms with E-state index in [0.717, 1.165) is 15.5 Å². The van der Waals surface area contributed by atoms with E-state index >= 15 is 0 Å². The molecule has 0 spiro atoms. The molecule has 3 heterocycles. The minimum atomic E-state index is -0.440. The summed E-state index contributed by atoms with van der Waals surface area (Å²) < 4.78 is 4.97. The first-order valence-corrected chi connectivity index (χ1v) is 11.7. The predicted molar refractivity (Wildman–Crippen MR) is 126 cm³/mol. The molecule has 0 bridgehead atoms. The third-order valence-corrected chi connectivity index (χ3v) is 6.32. The van der Waals surface area contributed by atoms with Gasteiger partial charge in [-0.05, 0) is 37.3 Å². The van der Waals surface area contributed by atoms with Crippen LogP contribution in [0.25, 0.3) is 10.3 Å². The van der Waals surface area contributed by atoms with Gasteiger partial charge in [-0.2, -0.15) is 0 Å². The summed E-state index contributed by atoms with van der Waals surface area (Å²) in [7, 11) is 0. The summed E-state index contributed by atoms with van der Waals surface area (Å²) in [6.45, 7) is 4.58. The Balaban J connectivity index is 1.23. The number of rotatable bonds is 7. The number of piperazine rings is 1. The second-order valence-electron chi connectivity index (χ2n) is 7.54. The molecule has 0 radical (unpaired) electrons. The molecule has 33 heavy (non-hydrogen) atoms. The number of ether oxygens (including phenoxy) is 1. The maximum absolute atomic E-state index is 12.6. The third kappa shape index (κ3) is 5.64. The zero-order chi connectivity index (χ0) is 23.2. The van der Waals surface area contributed by atoms with Crippen molar-refractivity contribution in [3.63, 3.8) is 0 Å². The van der Waals surface area contributed by atoms with Gasteiger partial charge in [-0.3, -0.25) is 9.59 Å². The Morgan fingerprint density at radius 2 is 1.91 bits per heavy atom. The molecule has 1 N–H and O–H groups in total. The number of nitrogens with one attached hydrogen (secondary N) is 1. The second-order valence-corrected chi connectivity index (χ2v) is 8.50. The smallest absolute Gasteiger partial charge is 0.338 e. The predicted octanol–water partition coefficient (Wildman–Crippen LogP) is 2.94. The SMILES string of the molecule is CCOC(=O)c1cccc(NC(=O)CCC(=O)N2CCN(c3nc4cccnc4s3)CC2)c1. The topological polar surface area (TPSA) is 105 Å². The number of anilines is 2. The molecule has 0 atom stereocenters. The lowest BCUT2D eigenvalue weighted by atomic mass is 10.2. The molecular formula is C23H25N5O4S. The summed E-state index contributed by atoms with van der Waals surface area (Å²) in [5.74, 6) is -0.758. The van der Waals surface area contributed by atoms with Crippen molar-refractivity contribution in [1.29, 1.82) is 0 Å². The molecule has 1 aliphatic heterocycles. The highest BCUT2D eigenvalue weighted by Gasteiger charge is 2.23. The molecule has 2 aromatic heterocycles. The number of amides is 2. The Morgan fingerprint density at radius 3 is 2.67 bits per heavy atom. The molecule has 1 fully saturated rings. The lowest BCUT2D eigenvalue weighted by Gasteiger charge is -2.34. The van der Waals surface area contributed by atoms with Gasteiger partial charge in [0.2, 0.25) is 11.8 Å². The lowest BCUT2D eigenvalue weighted by Crippen LogP contribution is -2.48. The van der Waals surface area contributed by atoms with Gasteiger partial charge in [0.15, 0.2) is 5.13 Å². The first-order valence-electron chi connectivity index (χ1n) is 10.8. The van der Waals surface area contributed by atoms with E-state index in [-0.39, 0.29) is 31.3 Å². The average molecular weight is 468 g/mol. The van der Waals surface area contributed by atoms with Crippen LogP contribution in [-0.2, 0) is 14.3 Å². The zero-order valence-corrected chi connectivity index (χ0v) is 19.1. The number of hydrogen-bond acceptors (Lipinski definition) is 8. The number of hydrogen-bond donors (Lipinski definition) is 1. The van der Waals surface area contributed by atoms with E-state index in [1.54, 1.807) is 53.6 Å². The van der Waals surface area contributed by atoms with Crippen molar-refractivity contribution in [2.45, 2.75) is 19.8 Å². The minimum Gasteiger partial charge on any atom is -0.462 e. The van der Waals surface area contributed by atoms with E-state index in [0.29, 0.717) is 37.4 Å². The number of esters is 1. The van der Waals surface area contributed by atoms with Gasteiger partial charge in [0, 0.05) is 50.9 Å². The summed E-state index contributed by atoms with van der Waals surface area (Å²) in [6, 6.07) is 10.4. The van der Waals surface area contributed by atoms with Gasteiger partial charge in [0.05, 0.1) is 12.2 Å². The van der Waals surface area contributed by atoms with Crippen molar-refractivity contribution in [2.75, 3.05) is 43.0 Å². The normalized spacial score (nSPS) is 13.7. The van der Waals surface area contributed by atoms with Crippen molar-refractivity contribution in [2.24, 2.45) is 0 Å². The van der Waals surface area contributed by atoms with Crippen LogP contribution in [0.1, 0.15) is 30.1 Å². The molecule has 1 saturated heterocycles. The number of benzene rings is 1. The highest BCUT2D eigenvalue weighted by Crippen LogP contribution is 2.27. The van der Waals surface area contributed by atoms with Gasteiger partial charge >= 0.3 is 5.97 Å². The Labute approximate surface area is 195 Å². The molecule has 2 amide bonds. The van der Waals surface area contributed by atoms with E-state index in [1.165, 1.54) is 0 Å². The van der Waals surface area contributed by atoms with E-state index in [4.69, 9.17) is 4.74 Å². The van der Waals surface area contributed by atoms with Gasteiger partial charge in [0.1, 0.15) is 10.3 Å². The quantitative estimate of drug-likeness (QED) is 0.533. The number of fused-ring (bicyclic) bond motifs is 1. The maximum atomic E-state index is 12.6. The summed E-state index contributed by atoms with van der Waals surface area (Å²) in [6.07, 6.45) is 1.97. The van der Waals surface area contributed by atoms with E-state index in [9.17, 15) is 14.4 Å². The average Bonchev–Trinajstić information content (AvgIpc) is 3.27. The molecule has 1 aromatic carbocycles. The summed E-state index contributed by atoms with van der Waals surface area (Å²) in [5, 5.41) is 3.66. The van der Waals surface area contributed by atoms with Crippen LogP contribution in [0.3, 0.4) is 0 Å². The van der Waals surface area contributed by atoms with E-state index < -0.39 is 5.97 Å². The van der Waals surface area contributed by atoms with Crippen LogP contribution in [-0.4, -0.2) is 65.4 Å². The number of pyridine rings is 1. The first kappa shape index (κ1) is 22.7. The van der Waals surface area contributed by atoms with Gasteiger partial charge in [0.25, 0.3) is 0 Å². The van der Waals surface area contributed by atoms with Crippen LogP contribution >= 0.6 is 11.3 Å². The fraction of sp³-hybridized carbons (Fsp3) is 0.348. The van der Waals surface area contributed by atoms with Crippen LogP contribution < -0.4 is 10.2 Å². The van der Waals surface area contributed by atoms with Crippen molar-refractivity contribution in [3.8, 4) is 0 Å². The van der Waals surface area contributed by atoms with Crippen LogP contribution in [0.2, 0.25) is 0 Å². The van der Waals surface area contributed by atoms with Crippen molar-refractivity contribution in [1.82, 2.24) is 14.9 Å². The number of nitrogens with zero attached hydrogens (tertiary/aromatic N) is 4. The standard InChI is InChI=1S/C23H25N5O4S/c1-2-32-22(31)16-5-3-6-17(15-16)25-19(29)8-9-20(30)27-11-13-28(14-12-27)23-26-18-7-4-10-24-21(18)33-23/h3-7,10,15H,2,8-9,11-14H2,1H3,(H,25,29). The fourth-order valence-corrected chi connectivity index (χ4v) is 4.54. The summed E-state index contributed by atoms with van der Waals surface area (Å²) >= 11 is 1.55.